The van der Waals surface area contributed by atoms with Gasteiger partial charge in [-0.25, -0.2) is 9.48 Å². The molecule has 0 unspecified atom stereocenters. The van der Waals surface area contributed by atoms with Crippen molar-refractivity contribution in [3.8, 4) is 0 Å². The monoisotopic (exact) mass is 350 g/mol. The molecule has 3 aromatic rings. The van der Waals surface area contributed by atoms with Gasteiger partial charge in [0.15, 0.2) is 6.61 Å². The first-order valence-corrected chi connectivity index (χ1v) is 8.53. The third kappa shape index (κ3) is 3.72. The second-order valence-electron chi connectivity index (χ2n) is 6.35. The van der Waals surface area contributed by atoms with Crippen molar-refractivity contribution in [1.29, 1.82) is 0 Å². The van der Waals surface area contributed by atoms with Crippen molar-refractivity contribution in [3.05, 3.63) is 59.7 Å². The fourth-order valence-electron chi connectivity index (χ4n) is 2.66. The number of carbonyl (C=O) groups is 2. The number of para-hydroxylation sites is 1. The van der Waals surface area contributed by atoms with E-state index in [1.54, 1.807) is 12.1 Å². The molecule has 4 rings (SSSR count). The number of benzene rings is 2. The summed E-state index contributed by atoms with van der Waals surface area (Å²) in [5, 5.41) is 11.1. The number of carbonyl (C=O) groups excluding carboxylic acids is 2. The van der Waals surface area contributed by atoms with Gasteiger partial charge in [-0.2, -0.15) is 0 Å². The molecule has 7 nitrogen and oxygen atoms in total. The number of rotatable bonds is 6. The first kappa shape index (κ1) is 16.3. The van der Waals surface area contributed by atoms with Gasteiger partial charge in [0.1, 0.15) is 5.52 Å². The predicted molar refractivity (Wildman–Crippen MR) is 94.5 cm³/mol. The Morgan fingerprint density at radius 3 is 2.65 bits per heavy atom. The minimum Gasteiger partial charge on any atom is -0.452 e. The topological polar surface area (TPSA) is 86.1 Å². The molecule has 1 aliphatic carbocycles. The zero-order valence-corrected chi connectivity index (χ0v) is 14.1. The van der Waals surface area contributed by atoms with E-state index in [0.717, 1.165) is 29.4 Å². The third-order valence-electron chi connectivity index (χ3n) is 4.22. The molecule has 0 spiro atoms. The normalized spacial score (nSPS) is 13.5. The number of ether oxygens (including phenoxy) is 1. The molecule has 1 heterocycles. The van der Waals surface area contributed by atoms with Crippen LogP contribution in [0.4, 0.5) is 0 Å². The molecule has 2 aromatic carbocycles. The zero-order chi connectivity index (χ0) is 17.9. The standard InChI is InChI=1S/C19H18N4O3/c24-18(20-15-9-10-15)12-26-19(25)14-7-5-13(6-8-14)11-23-17-4-2-1-3-16(17)21-22-23/h1-8,15H,9-12H2,(H,20,24). The van der Waals surface area contributed by atoms with Crippen molar-refractivity contribution in [2.75, 3.05) is 6.61 Å². The Morgan fingerprint density at radius 1 is 1.12 bits per heavy atom. The highest BCUT2D eigenvalue weighted by Crippen LogP contribution is 2.18. The minimum absolute atomic E-state index is 0.248. The van der Waals surface area contributed by atoms with Crippen molar-refractivity contribution in [1.82, 2.24) is 20.3 Å². The molecule has 1 saturated carbocycles. The Labute approximate surface area is 150 Å². The first-order valence-electron chi connectivity index (χ1n) is 8.53. The van der Waals surface area contributed by atoms with Crippen LogP contribution in [0.5, 0.6) is 0 Å². The van der Waals surface area contributed by atoms with E-state index in [0.29, 0.717) is 12.1 Å². The molecule has 0 bridgehead atoms. The lowest BCUT2D eigenvalue weighted by molar-refractivity contribution is -0.124. The summed E-state index contributed by atoms with van der Waals surface area (Å²) in [5.74, 6) is -0.760. The molecule has 26 heavy (non-hydrogen) atoms. The maximum absolute atomic E-state index is 12.0. The van der Waals surface area contributed by atoms with Crippen LogP contribution in [-0.2, 0) is 16.1 Å². The summed E-state index contributed by atoms with van der Waals surface area (Å²) in [6.45, 7) is 0.307. The molecule has 0 atom stereocenters. The fraction of sp³-hybridized carbons (Fsp3) is 0.263. The fourth-order valence-corrected chi connectivity index (χ4v) is 2.66. The quantitative estimate of drug-likeness (QED) is 0.687. The van der Waals surface area contributed by atoms with Crippen LogP contribution in [0.1, 0.15) is 28.8 Å². The number of amides is 1. The summed E-state index contributed by atoms with van der Waals surface area (Å²) < 4.78 is 6.85. The van der Waals surface area contributed by atoms with E-state index in [9.17, 15) is 9.59 Å². The van der Waals surface area contributed by atoms with Crippen LogP contribution < -0.4 is 5.32 Å². The van der Waals surface area contributed by atoms with Gasteiger partial charge in [0, 0.05) is 6.04 Å². The Hall–Kier alpha value is -3.22. The maximum atomic E-state index is 12.0. The molecule has 7 heteroatoms. The van der Waals surface area contributed by atoms with Crippen LogP contribution in [0.3, 0.4) is 0 Å². The number of hydrogen-bond acceptors (Lipinski definition) is 5. The zero-order valence-electron chi connectivity index (χ0n) is 14.1. The van der Waals surface area contributed by atoms with Crippen LogP contribution in [0, 0.1) is 0 Å². The highest BCUT2D eigenvalue weighted by atomic mass is 16.5. The lowest BCUT2D eigenvalue weighted by atomic mass is 10.1. The summed E-state index contributed by atoms with van der Waals surface area (Å²) in [6, 6.07) is 15.1. The molecule has 0 saturated heterocycles. The number of nitrogens with zero attached hydrogens (tertiary/aromatic N) is 3. The number of fused-ring (bicyclic) bond motifs is 1. The summed E-state index contributed by atoms with van der Waals surface area (Å²) in [6.07, 6.45) is 2.00. The van der Waals surface area contributed by atoms with E-state index in [4.69, 9.17) is 4.74 Å². The average molecular weight is 350 g/mol. The van der Waals surface area contributed by atoms with Gasteiger partial charge < -0.3 is 10.1 Å². The molecule has 1 aliphatic rings. The second-order valence-corrected chi connectivity index (χ2v) is 6.35. The van der Waals surface area contributed by atoms with Crippen molar-refractivity contribution in [3.63, 3.8) is 0 Å². The van der Waals surface area contributed by atoms with Gasteiger partial charge in [0.25, 0.3) is 5.91 Å². The highest BCUT2D eigenvalue weighted by Gasteiger charge is 2.23. The molecule has 132 valence electrons. The Bertz CT molecular complexity index is 945. The van der Waals surface area contributed by atoms with Crippen LogP contribution >= 0.6 is 0 Å². The van der Waals surface area contributed by atoms with Gasteiger partial charge >= 0.3 is 5.97 Å². The summed E-state index contributed by atoms with van der Waals surface area (Å²) in [7, 11) is 0. The van der Waals surface area contributed by atoms with Gasteiger partial charge in [0.2, 0.25) is 0 Å². The van der Waals surface area contributed by atoms with Gasteiger partial charge in [-0.1, -0.05) is 29.5 Å². The molecule has 1 fully saturated rings. The predicted octanol–water partition coefficient (Wildman–Crippen LogP) is 1.91. The third-order valence-corrected chi connectivity index (χ3v) is 4.22. The Morgan fingerprint density at radius 2 is 1.88 bits per heavy atom. The first-order chi connectivity index (χ1) is 12.7. The molecule has 1 aromatic heterocycles. The smallest absolute Gasteiger partial charge is 0.338 e. The van der Waals surface area contributed by atoms with E-state index >= 15 is 0 Å². The average Bonchev–Trinajstić information content (AvgIpc) is 3.39. The van der Waals surface area contributed by atoms with Crippen LogP contribution in [-0.4, -0.2) is 39.5 Å². The Kier molecular flexibility index (Phi) is 4.35. The van der Waals surface area contributed by atoms with Crippen LogP contribution in [0.2, 0.25) is 0 Å². The van der Waals surface area contributed by atoms with Crippen molar-refractivity contribution in [2.45, 2.75) is 25.4 Å². The lowest BCUT2D eigenvalue weighted by Crippen LogP contribution is -2.30. The van der Waals surface area contributed by atoms with Crippen molar-refractivity contribution in [2.24, 2.45) is 0 Å². The summed E-state index contributed by atoms with van der Waals surface area (Å²) in [4.78, 5) is 23.6. The van der Waals surface area contributed by atoms with Crippen molar-refractivity contribution < 1.29 is 14.3 Å². The molecule has 1 N–H and O–H groups in total. The van der Waals surface area contributed by atoms with Gasteiger partial charge in [0.05, 0.1) is 17.6 Å². The summed E-state index contributed by atoms with van der Waals surface area (Å²) in [5.41, 5.74) is 3.20. The van der Waals surface area contributed by atoms with E-state index < -0.39 is 5.97 Å². The molecular weight excluding hydrogens is 332 g/mol. The van der Waals surface area contributed by atoms with E-state index in [-0.39, 0.29) is 18.6 Å². The molecule has 1 amide bonds. The largest absolute Gasteiger partial charge is 0.452 e. The molecular formula is C19H18N4O3. The lowest BCUT2D eigenvalue weighted by Gasteiger charge is -2.07. The number of nitrogens with one attached hydrogen (secondary N) is 1. The SMILES string of the molecule is O=C(COC(=O)c1ccc(Cn2nnc3ccccc32)cc1)NC1CC1. The van der Waals surface area contributed by atoms with Crippen molar-refractivity contribution >= 4 is 22.9 Å². The van der Waals surface area contributed by atoms with E-state index in [2.05, 4.69) is 15.6 Å². The minimum atomic E-state index is -0.506. The Balaban J connectivity index is 1.36. The van der Waals surface area contributed by atoms with Gasteiger partial charge in [-0.05, 0) is 42.7 Å². The number of esters is 1. The molecule has 0 radical (unpaired) electrons. The number of aromatic nitrogens is 3. The summed E-state index contributed by atoms with van der Waals surface area (Å²) >= 11 is 0. The number of hydrogen-bond donors (Lipinski definition) is 1. The van der Waals surface area contributed by atoms with Gasteiger partial charge in [-0.3, -0.25) is 4.79 Å². The van der Waals surface area contributed by atoms with E-state index in [1.807, 2.05) is 41.1 Å². The van der Waals surface area contributed by atoms with Crippen LogP contribution in [0.15, 0.2) is 48.5 Å². The van der Waals surface area contributed by atoms with E-state index in [1.165, 1.54) is 0 Å². The maximum Gasteiger partial charge on any atom is 0.338 e. The van der Waals surface area contributed by atoms with Gasteiger partial charge in [-0.15, -0.1) is 5.10 Å². The highest BCUT2D eigenvalue weighted by molar-refractivity contribution is 5.91. The second kappa shape index (κ2) is 6.95. The van der Waals surface area contributed by atoms with Crippen LogP contribution in [0.25, 0.3) is 11.0 Å². The molecule has 0 aliphatic heterocycles.